The molecule has 6 heteroatoms. The van der Waals surface area contributed by atoms with Gasteiger partial charge in [0.05, 0.1) is 0 Å². The summed E-state index contributed by atoms with van der Waals surface area (Å²) in [6.07, 6.45) is 4.06. The van der Waals surface area contributed by atoms with Gasteiger partial charge in [-0.1, -0.05) is 6.07 Å². The van der Waals surface area contributed by atoms with Crippen LogP contribution >= 0.6 is 35.7 Å². The lowest BCUT2D eigenvalue weighted by Gasteiger charge is -2.12. The molecule has 0 saturated heterocycles. The molecule has 0 heterocycles. The first-order chi connectivity index (χ1) is 10.2. The molecule has 0 radical (unpaired) electrons. The first-order valence-corrected chi connectivity index (χ1v) is 8.83. The molecule has 0 saturated carbocycles. The predicted molar refractivity (Wildman–Crippen MR) is 107 cm³/mol. The van der Waals surface area contributed by atoms with Gasteiger partial charge in [-0.05, 0) is 62.0 Å². The molecule has 0 aliphatic rings. The standard InChI is InChI=1S/C16H26FN3S.HI/c1-4-18-16(19-9-5-11-21-3)20-10-8-14-6-7-15(17)12-13(14)2;/h6-7,12H,4-5,8-11H2,1-3H3,(H2,18,19,20);1H. The number of halogens is 2. The first kappa shape index (κ1) is 21.5. The van der Waals surface area contributed by atoms with E-state index in [1.165, 1.54) is 11.6 Å². The minimum absolute atomic E-state index is 0. The van der Waals surface area contributed by atoms with Crippen molar-refractivity contribution in [2.45, 2.75) is 26.7 Å². The summed E-state index contributed by atoms with van der Waals surface area (Å²) in [4.78, 5) is 4.54. The molecule has 0 aliphatic carbocycles. The Morgan fingerprint density at radius 3 is 2.73 bits per heavy atom. The highest BCUT2D eigenvalue weighted by molar-refractivity contribution is 14.0. The second-order valence-corrected chi connectivity index (χ2v) is 5.84. The van der Waals surface area contributed by atoms with Crippen LogP contribution < -0.4 is 10.6 Å². The number of aryl methyl sites for hydroxylation is 1. The van der Waals surface area contributed by atoms with Crippen molar-refractivity contribution >= 4 is 41.7 Å². The third kappa shape index (κ3) is 8.82. The summed E-state index contributed by atoms with van der Waals surface area (Å²) in [5, 5.41) is 6.57. The Balaban J connectivity index is 0.00000441. The van der Waals surface area contributed by atoms with Crippen molar-refractivity contribution in [3.63, 3.8) is 0 Å². The molecule has 0 unspecified atom stereocenters. The van der Waals surface area contributed by atoms with E-state index in [0.29, 0.717) is 0 Å². The lowest BCUT2D eigenvalue weighted by Crippen LogP contribution is -2.38. The van der Waals surface area contributed by atoms with Crippen LogP contribution in [-0.2, 0) is 6.42 Å². The van der Waals surface area contributed by atoms with E-state index in [1.807, 2.05) is 24.8 Å². The summed E-state index contributed by atoms with van der Waals surface area (Å²) in [5.74, 6) is 1.82. The van der Waals surface area contributed by atoms with Gasteiger partial charge in [-0.3, -0.25) is 4.99 Å². The highest BCUT2D eigenvalue weighted by Crippen LogP contribution is 2.10. The third-order valence-electron chi connectivity index (χ3n) is 3.11. The van der Waals surface area contributed by atoms with Crippen molar-refractivity contribution in [3.8, 4) is 0 Å². The van der Waals surface area contributed by atoms with Crippen LogP contribution in [0.2, 0.25) is 0 Å². The van der Waals surface area contributed by atoms with Gasteiger partial charge in [-0.2, -0.15) is 11.8 Å². The number of rotatable bonds is 8. The quantitative estimate of drug-likeness (QED) is 0.281. The molecule has 0 amide bonds. The zero-order valence-electron chi connectivity index (χ0n) is 13.6. The molecular weight excluding hydrogens is 412 g/mol. The van der Waals surface area contributed by atoms with E-state index in [0.717, 1.165) is 49.8 Å². The SMILES string of the molecule is CCNC(=NCCCSC)NCCc1ccc(F)cc1C.I. The second kappa shape index (κ2) is 13.0. The van der Waals surface area contributed by atoms with Crippen LogP contribution in [0.25, 0.3) is 0 Å². The van der Waals surface area contributed by atoms with Crippen LogP contribution in [-0.4, -0.2) is 37.6 Å². The van der Waals surface area contributed by atoms with Crippen molar-refractivity contribution in [2.24, 2.45) is 4.99 Å². The number of aliphatic imine (C=N–C) groups is 1. The molecule has 2 N–H and O–H groups in total. The molecule has 126 valence electrons. The highest BCUT2D eigenvalue weighted by atomic mass is 127. The molecule has 1 aromatic carbocycles. The summed E-state index contributed by atoms with van der Waals surface area (Å²) in [7, 11) is 0. The van der Waals surface area contributed by atoms with E-state index in [1.54, 1.807) is 6.07 Å². The zero-order chi connectivity index (χ0) is 15.5. The Morgan fingerprint density at radius 2 is 2.09 bits per heavy atom. The van der Waals surface area contributed by atoms with E-state index in [4.69, 9.17) is 0 Å². The number of nitrogens with zero attached hydrogens (tertiary/aromatic N) is 1. The van der Waals surface area contributed by atoms with E-state index in [-0.39, 0.29) is 29.8 Å². The lowest BCUT2D eigenvalue weighted by molar-refractivity contribution is 0.625. The van der Waals surface area contributed by atoms with Crippen LogP contribution in [0.5, 0.6) is 0 Å². The van der Waals surface area contributed by atoms with E-state index < -0.39 is 0 Å². The largest absolute Gasteiger partial charge is 0.357 e. The van der Waals surface area contributed by atoms with Crippen LogP contribution in [0.15, 0.2) is 23.2 Å². The molecule has 0 fully saturated rings. The molecule has 0 aromatic heterocycles. The summed E-state index contributed by atoms with van der Waals surface area (Å²) in [6, 6.07) is 4.95. The number of nitrogens with one attached hydrogen (secondary N) is 2. The van der Waals surface area contributed by atoms with E-state index in [2.05, 4.69) is 28.8 Å². The normalized spacial score (nSPS) is 11.0. The Bertz CT molecular complexity index is 455. The fourth-order valence-electron chi connectivity index (χ4n) is 2.00. The fraction of sp³-hybridized carbons (Fsp3) is 0.562. The van der Waals surface area contributed by atoms with Gasteiger partial charge in [0, 0.05) is 19.6 Å². The molecule has 0 aliphatic heterocycles. The molecule has 0 spiro atoms. The van der Waals surface area contributed by atoms with E-state index in [9.17, 15) is 4.39 Å². The van der Waals surface area contributed by atoms with Crippen LogP contribution in [0, 0.1) is 12.7 Å². The number of guanidine groups is 1. The third-order valence-corrected chi connectivity index (χ3v) is 3.81. The molecular formula is C16H27FIN3S. The molecule has 1 aromatic rings. The summed E-state index contributed by atoms with van der Waals surface area (Å²) < 4.78 is 13.1. The minimum Gasteiger partial charge on any atom is -0.357 e. The first-order valence-electron chi connectivity index (χ1n) is 7.43. The van der Waals surface area contributed by atoms with Gasteiger partial charge < -0.3 is 10.6 Å². The van der Waals surface area contributed by atoms with Crippen molar-refractivity contribution in [1.29, 1.82) is 0 Å². The van der Waals surface area contributed by atoms with Crippen molar-refractivity contribution < 1.29 is 4.39 Å². The van der Waals surface area contributed by atoms with Crippen molar-refractivity contribution in [3.05, 3.63) is 35.1 Å². The van der Waals surface area contributed by atoms with Crippen LogP contribution in [0.4, 0.5) is 4.39 Å². The summed E-state index contributed by atoms with van der Waals surface area (Å²) in [6.45, 7) is 6.49. The maximum Gasteiger partial charge on any atom is 0.191 e. The predicted octanol–water partition coefficient (Wildman–Crippen LogP) is 3.60. The molecule has 1 rings (SSSR count). The topological polar surface area (TPSA) is 36.4 Å². The van der Waals surface area contributed by atoms with E-state index >= 15 is 0 Å². The summed E-state index contributed by atoms with van der Waals surface area (Å²) in [5.41, 5.74) is 2.17. The fourth-order valence-corrected chi connectivity index (χ4v) is 2.41. The average Bonchev–Trinajstić information content (AvgIpc) is 2.45. The number of benzene rings is 1. The van der Waals surface area contributed by atoms with Gasteiger partial charge in [-0.25, -0.2) is 4.39 Å². The molecule has 0 bridgehead atoms. The van der Waals surface area contributed by atoms with Gasteiger partial charge in [0.2, 0.25) is 0 Å². The minimum atomic E-state index is -0.173. The monoisotopic (exact) mass is 439 g/mol. The highest BCUT2D eigenvalue weighted by Gasteiger charge is 2.01. The number of hydrogen-bond donors (Lipinski definition) is 2. The van der Waals surface area contributed by atoms with Gasteiger partial charge in [0.15, 0.2) is 5.96 Å². The lowest BCUT2D eigenvalue weighted by atomic mass is 10.1. The van der Waals surface area contributed by atoms with Crippen LogP contribution in [0.3, 0.4) is 0 Å². The van der Waals surface area contributed by atoms with Crippen molar-refractivity contribution in [2.75, 3.05) is 31.6 Å². The smallest absolute Gasteiger partial charge is 0.191 e. The molecule has 3 nitrogen and oxygen atoms in total. The Hall–Kier alpha value is -0.500. The van der Waals surface area contributed by atoms with Gasteiger partial charge in [-0.15, -0.1) is 24.0 Å². The molecule has 22 heavy (non-hydrogen) atoms. The molecule has 0 atom stereocenters. The summed E-state index contributed by atoms with van der Waals surface area (Å²) >= 11 is 1.84. The maximum absolute atomic E-state index is 13.1. The van der Waals surface area contributed by atoms with Crippen molar-refractivity contribution in [1.82, 2.24) is 10.6 Å². The second-order valence-electron chi connectivity index (χ2n) is 4.85. The Kier molecular flexibility index (Phi) is 12.7. The van der Waals surface area contributed by atoms with Gasteiger partial charge in [0.25, 0.3) is 0 Å². The number of thioether (sulfide) groups is 1. The Labute approximate surface area is 155 Å². The van der Waals surface area contributed by atoms with Gasteiger partial charge >= 0.3 is 0 Å². The average molecular weight is 439 g/mol. The zero-order valence-corrected chi connectivity index (χ0v) is 16.8. The number of hydrogen-bond acceptors (Lipinski definition) is 2. The van der Waals surface area contributed by atoms with Gasteiger partial charge in [0.1, 0.15) is 5.82 Å². The Morgan fingerprint density at radius 1 is 1.32 bits per heavy atom. The van der Waals surface area contributed by atoms with Crippen LogP contribution in [0.1, 0.15) is 24.5 Å². The maximum atomic E-state index is 13.1.